The van der Waals surface area contributed by atoms with Gasteiger partial charge in [-0.05, 0) is 98.7 Å². The Balaban J connectivity index is 1.56. The average Bonchev–Trinajstić information content (AvgIpc) is 3.32. The number of nitrogens with zero attached hydrogens (tertiary/aromatic N) is 2. The SMILES string of the molecule is CC(C)(C)OC(=O)N1CCC[C@H]1c1nc2ccc(C#Cc3ccc(I)cc3)cc2[nH]1. The fourth-order valence-electron chi connectivity index (χ4n) is 3.53. The molecule has 1 atom stereocenters. The van der Waals surface area contributed by atoms with Crippen molar-refractivity contribution in [2.24, 2.45) is 0 Å². The summed E-state index contributed by atoms with van der Waals surface area (Å²) in [6, 6.07) is 14.0. The quantitative estimate of drug-likeness (QED) is 0.339. The maximum atomic E-state index is 12.6. The number of amides is 1. The number of rotatable bonds is 1. The van der Waals surface area contributed by atoms with Crippen molar-refractivity contribution in [1.29, 1.82) is 0 Å². The van der Waals surface area contributed by atoms with Crippen molar-refractivity contribution in [2.75, 3.05) is 6.54 Å². The van der Waals surface area contributed by atoms with E-state index in [4.69, 9.17) is 9.72 Å². The van der Waals surface area contributed by atoms with Crippen LogP contribution in [-0.4, -0.2) is 33.1 Å². The molecule has 0 unspecified atom stereocenters. The van der Waals surface area contributed by atoms with Crippen LogP contribution in [0, 0.1) is 15.4 Å². The van der Waals surface area contributed by atoms with Crippen molar-refractivity contribution in [3.63, 3.8) is 0 Å². The Morgan fingerprint density at radius 3 is 2.60 bits per heavy atom. The zero-order chi connectivity index (χ0) is 21.3. The maximum absolute atomic E-state index is 12.6. The largest absolute Gasteiger partial charge is 0.444 e. The molecule has 0 bridgehead atoms. The molecule has 2 heterocycles. The molecule has 0 saturated carbocycles. The summed E-state index contributed by atoms with van der Waals surface area (Å²) in [6.07, 6.45) is 1.53. The highest BCUT2D eigenvalue weighted by atomic mass is 127. The minimum absolute atomic E-state index is 0.0893. The van der Waals surface area contributed by atoms with Crippen LogP contribution in [0.2, 0.25) is 0 Å². The number of aromatic amines is 1. The van der Waals surface area contributed by atoms with Crippen LogP contribution >= 0.6 is 22.6 Å². The number of halogens is 1. The van der Waals surface area contributed by atoms with Gasteiger partial charge in [-0.3, -0.25) is 4.90 Å². The third-order valence-corrected chi connectivity index (χ3v) is 5.61. The fourth-order valence-corrected chi connectivity index (χ4v) is 3.89. The van der Waals surface area contributed by atoms with Crippen molar-refractivity contribution < 1.29 is 9.53 Å². The number of ether oxygens (including phenoxy) is 1. The summed E-state index contributed by atoms with van der Waals surface area (Å²) in [5.41, 5.74) is 3.20. The minimum atomic E-state index is -0.511. The van der Waals surface area contributed by atoms with Gasteiger partial charge in [0.25, 0.3) is 0 Å². The minimum Gasteiger partial charge on any atom is -0.444 e. The monoisotopic (exact) mass is 513 g/mol. The lowest BCUT2D eigenvalue weighted by atomic mass is 10.1. The molecule has 0 spiro atoms. The van der Waals surface area contributed by atoms with Crippen LogP contribution < -0.4 is 0 Å². The lowest BCUT2D eigenvalue weighted by molar-refractivity contribution is 0.0219. The predicted molar refractivity (Wildman–Crippen MR) is 126 cm³/mol. The second-order valence-corrected chi connectivity index (χ2v) is 9.69. The first-order chi connectivity index (χ1) is 14.3. The third kappa shape index (κ3) is 4.78. The van der Waals surface area contributed by atoms with E-state index in [0.717, 1.165) is 40.8 Å². The molecule has 1 aliphatic rings. The van der Waals surface area contributed by atoms with E-state index in [1.54, 1.807) is 4.90 Å². The zero-order valence-corrected chi connectivity index (χ0v) is 19.5. The summed E-state index contributed by atoms with van der Waals surface area (Å²) in [5, 5.41) is 0. The summed E-state index contributed by atoms with van der Waals surface area (Å²) in [5.74, 6) is 7.22. The van der Waals surface area contributed by atoms with Gasteiger partial charge >= 0.3 is 6.09 Å². The van der Waals surface area contributed by atoms with E-state index in [2.05, 4.69) is 39.4 Å². The van der Waals surface area contributed by atoms with Crippen LogP contribution in [0.5, 0.6) is 0 Å². The predicted octanol–water partition coefficient (Wildman–Crippen LogP) is 5.64. The second-order valence-electron chi connectivity index (χ2n) is 8.44. The molecule has 1 amide bonds. The van der Waals surface area contributed by atoms with Crippen molar-refractivity contribution >= 4 is 39.7 Å². The molecule has 1 aromatic heterocycles. The highest BCUT2D eigenvalue weighted by molar-refractivity contribution is 14.1. The number of hydrogen-bond donors (Lipinski definition) is 1. The average molecular weight is 513 g/mol. The Hall–Kier alpha value is -2.53. The molecule has 6 heteroatoms. The number of aromatic nitrogens is 2. The van der Waals surface area contributed by atoms with Crippen LogP contribution in [-0.2, 0) is 4.74 Å². The van der Waals surface area contributed by atoms with Crippen LogP contribution in [0.1, 0.15) is 56.6 Å². The molecule has 4 rings (SSSR count). The number of likely N-dealkylation sites (tertiary alicyclic amines) is 1. The molecule has 2 aromatic carbocycles. The van der Waals surface area contributed by atoms with Gasteiger partial charge in [0.2, 0.25) is 0 Å². The summed E-state index contributed by atoms with van der Waals surface area (Å²) < 4.78 is 6.77. The molecule has 1 saturated heterocycles. The molecule has 154 valence electrons. The first kappa shape index (κ1) is 20.7. The van der Waals surface area contributed by atoms with E-state index < -0.39 is 5.60 Å². The molecule has 5 nitrogen and oxygen atoms in total. The molecule has 1 aliphatic heterocycles. The van der Waals surface area contributed by atoms with E-state index in [-0.39, 0.29) is 12.1 Å². The summed E-state index contributed by atoms with van der Waals surface area (Å²) in [7, 11) is 0. The van der Waals surface area contributed by atoms with Gasteiger partial charge in [-0.2, -0.15) is 0 Å². The Morgan fingerprint density at radius 2 is 1.87 bits per heavy atom. The van der Waals surface area contributed by atoms with E-state index in [0.29, 0.717) is 6.54 Å². The van der Waals surface area contributed by atoms with Crippen LogP contribution in [0.3, 0.4) is 0 Å². The smallest absolute Gasteiger partial charge is 0.410 e. The van der Waals surface area contributed by atoms with Crippen molar-refractivity contribution in [3.8, 4) is 11.8 Å². The Morgan fingerprint density at radius 1 is 1.17 bits per heavy atom. The van der Waals surface area contributed by atoms with Gasteiger partial charge in [-0.15, -0.1) is 0 Å². The highest BCUT2D eigenvalue weighted by Crippen LogP contribution is 2.32. The number of imidazole rings is 1. The Kier molecular flexibility index (Phi) is 5.74. The first-order valence-corrected chi connectivity index (χ1v) is 11.1. The summed E-state index contributed by atoms with van der Waals surface area (Å²) in [4.78, 5) is 22.5. The normalized spacial score (nSPS) is 16.4. The topological polar surface area (TPSA) is 58.2 Å². The van der Waals surface area contributed by atoms with E-state index in [1.807, 2.05) is 63.2 Å². The van der Waals surface area contributed by atoms with Gasteiger partial charge in [0.05, 0.1) is 17.1 Å². The number of carbonyl (C=O) groups excluding carboxylic acids is 1. The van der Waals surface area contributed by atoms with E-state index >= 15 is 0 Å². The van der Waals surface area contributed by atoms with Gasteiger partial charge in [-0.1, -0.05) is 11.8 Å². The molecular weight excluding hydrogens is 489 g/mol. The van der Waals surface area contributed by atoms with Crippen LogP contribution in [0.4, 0.5) is 4.79 Å². The standard InChI is InChI=1S/C24H24IN3O2/c1-24(2,3)30-23(29)28-14-4-5-21(28)22-26-19-13-10-17(15-20(19)27-22)7-6-16-8-11-18(25)12-9-16/h8-13,15,21H,4-5,14H2,1-3H3,(H,26,27)/t21-/m0/s1. The van der Waals surface area contributed by atoms with E-state index in [1.165, 1.54) is 3.57 Å². The Labute approximate surface area is 190 Å². The molecule has 0 radical (unpaired) electrons. The van der Waals surface area contributed by atoms with Gasteiger partial charge in [0, 0.05) is 21.2 Å². The first-order valence-electron chi connectivity index (χ1n) is 10.1. The zero-order valence-electron chi connectivity index (χ0n) is 17.3. The number of fused-ring (bicyclic) bond motifs is 1. The van der Waals surface area contributed by atoms with Gasteiger partial charge in [0.1, 0.15) is 11.4 Å². The van der Waals surface area contributed by atoms with Crippen molar-refractivity contribution in [2.45, 2.75) is 45.3 Å². The molecule has 3 aromatic rings. The summed E-state index contributed by atoms with van der Waals surface area (Å²) >= 11 is 2.28. The number of nitrogens with one attached hydrogen (secondary N) is 1. The maximum Gasteiger partial charge on any atom is 0.410 e. The summed E-state index contributed by atoms with van der Waals surface area (Å²) in [6.45, 7) is 6.34. The molecule has 1 fully saturated rings. The van der Waals surface area contributed by atoms with Crippen molar-refractivity contribution in [3.05, 3.63) is 63.0 Å². The number of H-pyrrole nitrogens is 1. The van der Waals surface area contributed by atoms with Crippen LogP contribution in [0.25, 0.3) is 11.0 Å². The second kappa shape index (κ2) is 8.31. The van der Waals surface area contributed by atoms with Crippen LogP contribution in [0.15, 0.2) is 42.5 Å². The van der Waals surface area contributed by atoms with Gasteiger partial charge in [-0.25, -0.2) is 9.78 Å². The van der Waals surface area contributed by atoms with Crippen molar-refractivity contribution in [1.82, 2.24) is 14.9 Å². The fraction of sp³-hybridized carbons (Fsp3) is 0.333. The number of carbonyl (C=O) groups is 1. The lowest BCUT2D eigenvalue weighted by Crippen LogP contribution is -2.36. The lowest BCUT2D eigenvalue weighted by Gasteiger charge is -2.27. The number of benzene rings is 2. The third-order valence-electron chi connectivity index (χ3n) is 4.89. The molecule has 1 N–H and O–H groups in total. The van der Waals surface area contributed by atoms with E-state index in [9.17, 15) is 4.79 Å². The molecular formula is C24H24IN3O2. The highest BCUT2D eigenvalue weighted by Gasteiger charge is 2.34. The Bertz CT molecular complexity index is 1130. The number of hydrogen-bond acceptors (Lipinski definition) is 3. The molecule has 30 heavy (non-hydrogen) atoms. The molecule has 0 aliphatic carbocycles. The van der Waals surface area contributed by atoms with Gasteiger partial charge < -0.3 is 9.72 Å². The van der Waals surface area contributed by atoms with Gasteiger partial charge in [0.15, 0.2) is 0 Å².